The lowest BCUT2D eigenvalue weighted by Gasteiger charge is -2.11. The molecule has 22 heavy (non-hydrogen) atoms. The molecule has 0 aromatic heterocycles. The summed E-state index contributed by atoms with van der Waals surface area (Å²) in [4.78, 5) is 21.7. The van der Waals surface area contributed by atoms with E-state index in [0.29, 0.717) is 17.2 Å². The second-order valence-electron chi connectivity index (χ2n) is 4.23. The highest BCUT2D eigenvalue weighted by Gasteiger charge is 2.09. The molecule has 0 atom stereocenters. The van der Waals surface area contributed by atoms with Gasteiger partial charge in [0.25, 0.3) is 0 Å². The molecule has 9 heteroatoms. The largest absolute Gasteiger partial charge is 0.489 e. The maximum absolute atomic E-state index is 11.4. The summed E-state index contributed by atoms with van der Waals surface area (Å²) in [5.74, 6) is -0.594. The number of urea groups is 1. The van der Waals surface area contributed by atoms with Gasteiger partial charge in [-0.25, -0.2) is 4.79 Å². The van der Waals surface area contributed by atoms with E-state index in [0.717, 1.165) is 0 Å². The first-order chi connectivity index (χ1) is 10.4. The average molecular weight is 370 g/mol. The standard InChI is InChI=1S/C13H15Cl3N2O4/c14-8-6-9(15)12(10(16)7-8)22-5-4-18-13(21)17-3-1-2-11(19)20/h6-7H,1-5H2,(H,19,20)(H2,17,18,21). The number of halogens is 3. The van der Waals surface area contributed by atoms with Gasteiger partial charge in [-0.2, -0.15) is 0 Å². The molecule has 0 spiro atoms. The Kier molecular flexibility index (Phi) is 8.16. The molecule has 0 heterocycles. The van der Waals surface area contributed by atoms with Gasteiger partial charge < -0.3 is 20.5 Å². The highest BCUT2D eigenvalue weighted by Crippen LogP contribution is 2.35. The van der Waals surface area contributed by atoms with Crippen LogP contribution in [0.15, 0.2) is 12.1 Å². The van der Waals surface area contributed by atoms with Crippen molar-refractivity contribution in [3.8, 4) is 5.75 Å². The number of carbonyl (C=O) groups excluding carboxylic acids is 1. The predicted molar refractivity (Wildman–Crippen MR) is 85.2 cm³/mol. The van der Waals surface area contributed by atoms with Crippen molar-refractivity contribution in [1.82, 2.24) is 10.6 Å². The topological polar surface area (TPSA) is 87.7 Å². The number of amides is 2. The van der Waals surface area contributed by atoms with Gasteiger partial charge in [-0.3, -0.25) is 4.79 Å². The highest BCUT2D eigenvalue weighted by molar-refractivity contribution is 6.40. The van der Waals surface area contributed by atoms with Crippen molar-refractivity contribution >= 4 is 46.8 Å². The lowest BCUT2D eigenvalue weighted by atomic mass is 10.3. The van der Waals surface area contributed by atoms with E-state index in [2.05, 4.69) is 10.6 Å². The smallest absolute Gasteiger partial charge is 0.314 e. The van der Waals surface area contributed by atoms with Crippen LogP contribution < -0.4 is 15.4 Å². The third-order valence-corrected chi connectivity index (χ3v) is 3.23. The minimum Gasteiger partial charge on any atom is -0.489 e. The molecule has 1 aromatic carbocycles. The number of carboxylic acid groups (broad SMARTS) is 1. The van der Waals surface area contributed by atoms with Gasteiger partial charge in [-0.05, 0) is 18.6 Å². The van der Waals surface area contributed by atoms with Crippen LogP contribution in [0.5, 0.6) is 5.75 Å². The number of hydrogen-bond donors (Lipinski definition) is 3. The van der Waals surface area contributed by atoms with E-state index >= 15 is 0 Å². The third kappa shape index (κ3) is 7.06. The van der Waals surface area contributed by atoms with Gasteiger partial charge in [0.05, 0.1) is 16.6 Å². The van der Waals surface area contributed by atoms with Crippen molar-refractivity contribution in [3.63, 3.8) is 0 Å². The lowest BCUT2D eigenvalue weighted by molar-refractivity contribution is -0.137. The average Bonchev–Trinajstić information content (AvgIpc) is 2.41. The molecule has 6 nitrogen and oxygen atoms in total. The van der Waals surface area contributed by atoms with Gasteiger partial charge in [-0.1, -0.05) is 34.8 Å². The molecule has 1 rings (SSSR count). The SMILES string of the molecule is O=C(O)CCCNC(=O)NCCOc1c(Cl)cc(Cl)cc1Cl. The van der Waals surface area contributed by atoms with E-state index in [1.165, 1.54) is 12.1 Å². The van der Waals surface area contributed by atoms with Crippen molar-refractivity contribution in [3.05, 3.63) is 27.2 Å². The van der Waals surface area contributed by atoms with E-state index in [-0.39, 0.29) is 36.2 Å². The second kappa shape index (κ2) is 9.61. The van der Waals surface area contributed by atoms with Crippen molar-refractivity contribution < 1.29 is 19.4 Å². The predicted octanol–water partition coefficient (Wildman–Crippen LogP) is 3.19. The van der Waals surface area contributed by atoms with Crippen LogP contribution in [0.3, 0.4) is 0 Å². The summed E-state index contributed by atoms with van der Waals surface area (Å²) in [7, 11) is 0. The number of nitrogens with one attached hydrogen (secondary N) is 2. The van der Waals surface area contributed by atoms with Gasteiger partial charge in [0.1, 0.15) is 6.61 Å². The summed E-state index contributed by atoms with van der Waals surface area (Å²) in [5.41, 5.74) is 0. The van der Waals surface area contributed by atoms with E-state index < -0.39 is 12.0 Å². The van der Waals surface area contributed by atoms with Crippen LogP contribution in [0.4, 0.5) is 4.79 Å². The van der Waals surface area contributed by atoms with Crippen LogP contribution in [0.25, 0.3) is 0 Å². The Labute approximate surface area is 142 Å². The fourth-order valence-electron chi connectivity index (χ4n) is 1.49. The summed E-state index contributed by atoms with van der Waals surface area (Å²) < 4.78 is 5.39. The zero-order chi connectivity index (χ0) is 16.5. The lowest BCUT2D eigenvalue weighted by Crippen LogP contribution is -2.38. The fourth-order valence-corrected chi connectivity index (χ4v) is 2.41. The molecule has 0 aliphatic heterocycles. The number of ether oxygens (including phenoxy) is 1. The van der Waals surface area contributed by atoms with Crippen molar-refractivity contribution in [2.75, 3.05) is 19.7 Å². The van der Waals surface area contributed by atoms with Crippen molar-refractivity contribution in [2.24, 2.45) is 0 Å². The molecular weight excluding hydrogens is 355 g/mol. The molecule has 3 N–H and O–H groups in total. The Morgan fingerprint density at radius 2 is 1.68 bits per heavy atom. The maximum atomic E-state index is 11.4. The van der Waals surface area contributed by atoms with Crippen LogP contribution in [-0.4, -0.2) is 36.8 Å². The van der Waals surface area contributed by atoms with Gasteiger partial charge >= 0.3 is 12.0 Å². The van der Waals surface area contributed by atoms with E-state index in [1.54, 1.807) is 0 Å². The number of aliphatic carboxylic acids is 1. The molecule has 0 radical (unpaired) electrons. The number of carboxylic acids is 1. The number of carbonyl (C=O) groups is 2. The first-order valence-corrected chi connectivity index (χ1v) is 7.54. The Balaban J connectivity index is 2.22. The minimum absolute atomic E-state index is 0.0109. The zero-order valence-electron chi connectivity index (χ0n) is 11.5. The Morgan fingerprint density at radius 3 is 2.27 bits per heavy atom. The molecule has 0 unspecified atom stereocenters. The van der Waals surface area contributed by atoms with Crippen molar-refractivity contribution in [2.45, 2.75) is 12.8 Å². The normalized spacial score (nSPS) is 10.1. The summed E-state index contributed by atoms with van der Waals surface area (Å²) in [6.45, 7) is 0.692. The number of rotatable bonds is 8. The first kappa shape index (κ1) is 18.7. The van der Waals surface area contributed by atoms with Crippen LogP contribution in [0.2, 0.25) is 15.1 Å². The van der Waals surface area contributed by atoms with E-state index in [4.69, 9.17) is 44.6 Å². The van der Waals surface area contributed by atoms with Crippen molar-refractivity contribution in [1.29, 1.82) is 0 Å². The van der Waals surface area contributed by atoms with Gasteiger partial charge in [0.2, 0.25) is 0 Å². The highest BCUT2D eigenvalue weighted by atomic mass is 35.5. The molecule has 0 aliphatic carbocycles. The quantitative estimate of drug-likeness (QED) is 0.614. The van der Waals surface area contributed by atoms with E-state index in [9.17, 15) is 9.59 Å². The Morgan fingerprint density at radius 1 is 1.09 bits per heavy atom. The fraction of sp³-hybridized carbons (Fsp3) is 0.385. The molecule has 122 valence electrons. The van der Waals surface area contributed by atoms with Crippen LogP contribution >= 0.6 is 34.8 Å². The van der Waals surface area contributed by atoms with Gasteiger partial charge in [-0.15, -0.1) is 0 Å². The van der Waals surface area contributed by atoms with Crippen LogP contribution in [0, 0.1) is 0 Å². The van der Waals surface area contributed by atoms with Gasteiger partial charge in [0, 0.05) is 18.0 Å². The number of benzene rings is 1. The third-order valence-electron chi connectivity index (χ3n) is 2.45. The summed E-state index contributed by atoms with van der Waals surface area (Å²) >= 11 is 17.7. The molecule has 0 aliphatic rings. The molecule has 0 saturated heterocycles. The molecule has 1 aromatic rings. The number of hydrogen-bond acceptors (Lipinski definition) is 3. The monoisotopic (exact) mass is 368 g/mol. The van der Waals surface area contributed by atoms with Crippen LogP contribution in [0.1, 0.15) is 12.8 Å². The summed E-state index contributed by atoms with van der Waals surface area (Å²) in [6.07, 6.45) is 0.381. The molecule has 0 saturated carbocycles. The zero-order valence-corrected chi connectivity index (χ0v) is 13.8. The summed E-state index contributed by atoms with van der Waals surface area (Å²) in [5, 5.41) is 14.5. The Hall–Kier alpha value is -1.37. The van der Waals surface area contributed by atoms with Gasteiger partial charge in [0.15, 0.2) is 5.75 Å². The summed E-state index contributed by atoms with van der Waals surface area (Å²) in [6, 6.07) is 2.61. The molecule has 0 bridgehead atoms. The molecular formula is C13H15Cl3N2O4. The van der Waals surface area contributed by atoms with Crippen LogP contribution in [-0.2, 0) is 4.79 Å². The van der Waals surface area contributed by atoms with E-state index in [1.807, 2.05) is 0 Å². The first-order valence-electron chi connectivity index (χ1n) is 6.41. The molecule has 0 fully saturated rings. The minimum atomic E-state index is -0.896. The Bertz CT molecular complexity index is 517. The second-order valence-corrected chi connectivity index (χ2v) is 5.48. The molecule has 2 amide bonds. The maximum Gasteiger partial charge on any atom is 0.314 e.